The summed E-state index contributed by atoms with van der Waals surface area (Å²) < 4.78 is 10.3. The van der Waals surface area contributed by atoms with Crippen LogP contribution in [0.1, 0.15) is 37.0 Å². The first-order valence-corrected chi connectivity index (χ1v) is 6.58. The highest BCUT2D eigenvalue weighted by atomic mass is 16.5. The molecule has 1 N–H and O–H groups in total. The summed E-state index contributed by atoms with van der Waals surface area (Å²) in [5, 5.41) is 2.91. The van der Waals surface area contributed by atoms with Crippen molar-refractivity contribution in [1.82, 2.24) is 5.32 Å². The van der Waals surface area contributed by atoms with E-state index in [9.17, 15) is 4.79 Å². The van der Waals surface area contributed by atoms with Gasteiger partial charge in [0.2, 0.25) is 0 Å². The zero-order valence-electron chi connectivity index (χ0n) is 12.2. The molecule has 0 aliphatic carbocycles. The molecular formula is C15H23NO3. The van der Waals surface area contributed by atoms with Crippen LogP contribution in [0, 0.1) is 5.92 Å². The number of rotatable bonds is 7. The molecule has 0 radical (unpaired) electrons. The summed E-state index contributed by atoms with van der Waals surface area (Å²) in [6.45, 7) is 5.02. The van der Waals surface area contributed by atoms with Crippen LogP contribution in [0.4, 0.5) is 0 Å². The molecule has 1 aromatic rings. The van der Waals surface area contributed by atoms with E-state index in [0.717, 1.165) is 12.8 Å². The fourth-order valence-corrected chi connectivity index (χ4v) is 1.80. The van der Waals surface area contributed by atoms with Crippen LogP contribution >= 0.6 is 0 Å². The predicted octanol–water partition coefficient (Wildman–Crippen LogP) is 2.87. The number of ether oxygens (including phenoxy) is 2. The lowest BCUT2D eigenvalue weighted by Crippen LogP contribution is -2.25. The van der Waals surface area contributed by atoms with Gasteiger partial charge in [-0.2, -0.15) is 0 Å². The van der Waals surface area contributed by atoms with Gasteiger partial charge in [-0.15, -0.1) is 0 Å². The Kier molecular flexibility index (Phi) is 6.19. The van der Waals surface area contributed by atoms with Crippen LogP contribution in [-0.4, -0.2) is 26.7 Å². The number of carbonyl (C=O) groups is 1. The fraction of sp³-hybridized carbons (Fsp3) is 0.533. The molecule has 0 aliphatic heterocycles. The van der Waals surface area contributed by atoms with Crippen molar-refractivity contribution in [3.63, 3.8) is 0 Å². The van der Waals surface area contributed by atoms with E-state index in [-0.39, 0.29) is 5.91 Å². The number of benzene rings is 1. The molecule has 0 spiro atoms. The molecule has 1 aromatic carbocycles. The van der Waals surface area contributed by atoms with Gasteiger partial charge in [0.05, 0.1) is 19.8 Å². The monoisotopic (exact) mass is 265 g/mol. The van der Waals surface area contributed by atoms with Gasteiger partial charge in [-0.05, 0) is 37.0 Å². The van der Waals surface area contributed by atoms with Crippen LogP contribution in [-0.2, 0) is 0 Å². The van der Waals surface area contributed by atoms with E-state index >= 15 is 0 Å². The summed E-state index contributed by atoms with van der Waals surface area (Å²) in [6.07, 6.45) is 2.09. The first-order chi connectivity index (χ1) is 9.08. The summed E-state index contributed by atoms with van der Waals surface area (Å²) >= 11 is 0. The lowest BCUT2D eigenvalue weighted by Gasteiger charge is -2.11. The van der Waals surface area contributed by atoms with Crippen LogP contribution < -0.4 is 14.8 Å². The Balaban J connectivity index is 2.64. The second-order valence-corrected chi connectivity index (χ2v) is 4.86. The van der Waals surface area contributed by atoms with Gasteiger partial charge in [-0.25, -0.2) is 0 Å². The molecule has 1 amide bonds. The molecule has 4 heteroatoms. The largest absolute Gasteiger partial charge is 0.497 e. The molecule has 0 unspecified atom stereocenters. The Bertz CT molecular complexity index is 416. The van der Waals surface area contributed by atoms with Gasteiger partial charge in [-0.3, -0.25) is 4.79 Å². The van der Waals surface area contributed by atoms with Gasteiger partial charge in [0.1, 0.15) is 11.5 Å². The Labute approximate surface area is 115 Å². The normalized spacial score (nSPS) is 10.4. The number of amides is 1. The highest BCUT2D eigenvalue weighted by Gasteiger charge is 2.13. The molecule has 0 saturated heterocycles. The van der Waals surface area contributed by atoms with Crippen molar-refractivity contribution in [1.29, 1.82) is 0 Å². The molecule has 106 valence electrons. The van der Waals surface area contributed by atoms with Crippen LogP contribution in [0.25, 0.3) is 0 Å². The Morgan fingerprint density at radius 1 is 1.26 bits per heavy atom. The molecule has 0 heterocycles. The number of nitrogens with one attached hydrogen (secondary N) is 1. The van der Waals surface area contributed by atoms with Gasteiger partial charge < -0.3 is 14.8 Å². The number of methoxy groups -OCH3 is 2. The predicted molar refractivity (Wildman–Crippen MR) is 76.0 cm³/mol. The molecule has 0 fully saturated rings. The van der Waals surface area contributed by atoms with Crippen LogP contribution in [0.5, 0.6) is 11.5 Å². The van der Waals surface area contributed by atoms with Gasteiger partial charge in [0.15, 0.2) is 0 Å². The van der Waals surface area contributed by atoms with Crippen molar-refractivity contribution in [2.75, 3.05) is 20.8 Å². The Morgan fingerprint density at radius 3 is 2.58 bits per heavy atom. The standard InChI is InChI=1S/C15H23NO3/c1-11(2)6-5-9-16-15(17)13-10-12(18-3)7-8-14(13)19-4/h7-8,10-11H,5-6,9H2,1-4H3,(H,16,17). The van der Waals surface area contributed by atoms with Gasteiger partial charge in [0.25, 0.3) is 5.91 Å². The number of hydrogen-bond donors (Lipinski definition) is 1. The third-order valence-corrected chi connectivity index (χ3v) is 2.90. The Morgan fingerprint density at radius 2 is 2.00 bits per heavy atom. The van der Waals surface area contributed by atoms with Crippen LogP contribution in [0.3, 0.4) is 0 Å². The quantitative estimate of drug-likeness (QED) is 0.771. The zero-order valence-corrected chi connectivity index (χ0v) is 12.2. The summed E-state index contributed by atoms with van der Waals surface area (Å²) in [4.78, 5) is 12.1. The maximum absolute atomic E-state index is 12.1. The molecule has 0 aliphatic rings. The van der Waals surface area contributed by atoms with Crippen molar-refractivity contribution >= 4 is 5.91 Å². The molecule has 0 atom stereocenters. The van der Waals surface area contributed by atoms with E-state index in [2.05, 4.69) is 19.2 Å². The topological polar surface area (TPSA) is 47.6 Å². The van der Waals surface area contributed by atoms with Crippen LogP contribution in [0.15, 0.2) is 18.2 Å². The second-order valence-electron chi connectivity index (χ2n) is 4.86. The third-order valence-electron chi connectivity index (χ3n) is 2.90. The first kappa shape index (κ1) is 15.3. The maximum Gasteiger partial charge on any atom is 0.255 e. The molecular weight excluding hydrogens is 242 g/mol. The summed E-state index contributed by atoms with van der Waals surface area (Å²) in [6, 6.07) is 5.20. The minimum absolute atomic E-state index is 0.125. The van der Waals surface area contributed by atoms with Crippen LogP contribution in [0.2, 0.25) is 0 Å². The minimum Gasteiger partial charge on any atom is -0.497 e. The van der Waals surface area contributed by atoms with Crippen molar-refractivity contribution in [3.05, 3.63) is 23.8 Å². The molecule has 0 aromatic heterocycles. The minimum atomic E-state index is -0.125. The van der Waals surface area contributed by atoms with Crippen molar-refractivity contribution in [2.24, 2.45) is 5.92 Å². The van der Waals surface area contributed by atoms with E-state index in [1.54, 1.807) is 32.4 Å². The second kappa shape index (κ2) is 7.67. The molecule has 4 nitrogen and oxygen atoms in total. The van der Waals surface area contributed by atoms with Crippen molar-refractivity contribution in [3.8, 4) is 11.5 Å². The average Bonchev–Trinajstić information content (AvgIpc) is 2.42. The van der Waals surface area contributed by atoms with Crippen molar-refractivity contribution < 1.29 is 14.3 Å². The Hall–Kier alpha value is -1.71. The van der Waals surface area contributed by atoms with E-state index in [0.29, 0.717) is 29.5 Å². The summed E-state index contributed by atoms with van der Waals surface area (Å²) in [7, 11) is 3.13. The molecule has 0 saturated carbocycles. The van der Waals surface area contributed by atoms with E-state index in [1.807, 2.05) is 0 Å². The smallest absolute Gasteiger partial charge is 0.255 e. The third kappa shape index (κ3) is 4.81. The first-order valence-electron chi connectivity index (χ1n) is 6.58. The van der Waals surface area contributed by atoms with E-state index in [1.165, 1.54) is 0 Å². The molecule has 0 bridgehead atoms. The van der Waals surface area contributed by atoms with E-state index in [4.69, 9.17) is 9.47 Å². The number of carbonyl (C=O) groups excluding carboxylic acids is 1. The lowest BCUT2D eigenvalue weighted by atomic mass is 10.1. The highest BCUT2D eigenvalue weighted by molar-refractivity contribution is 5.97. The lowest BCUT2D eigenvalue weighted by molar-refractivity contribution is 0.0949. The molecule has 19 heavy (non-hydrogen) atoms. The zero-order chi connectivity index (χ0) is 14.3. The van der Waals surface area contributed by atoms with Gasteiger partial charge in [-0.1, -0.05) is 13.8 Å². The SMILES string of the molecule is COc1ccc(OC)c(C(=O)NCCCC(C)C)c1. The summed E-state index contributed by atoms with van der Waals surface area (Å²) in [5.74, 6) is 1.73. The highest BCUT2D eigenvalue weighted by Crippen LogP contribution is 2.23. The van der Waals surface area contributed by atoms with Crippen molar-refractivity contribution in [2.45, 2.75) is 26.7 Å². The van der Waals surface area contributed by atoms with E-state index < -0.39 is 0 Å². The fourth-order valence-electron chi connectivity index (χ4n) is 1.80. The maximum atomic E-state index is 12.1. The van der Waals surface area contributed by atoms with Gasteiger partial charge in [0, 0.05) is 6.54 Å². The number of hydrogen-bond acceptors (Lipinski definition) is 3. The average molecular weight is 265 g/mol. The molecule has 1 rings (SSSR count). The summed E-state index contributed by atoms with van der Waals surface area (Å²) in [5.41, 5.74) is 0.506. The van der Waals surface area contributed by atoms with Gasteiger partial charge >= 0.3 is 0 Å².